The van der Waals surface area contributed by atoms with Crippen molar-refractivity contribution in [2.45, 2.75) is 27.2 Å². The average Bonchev–Trinajstić information content (AvgIpc) is 2.67. The first-order valence-corrected chi connectivity index (χ1v) is 6.45. The van der Waals surface area contributed by atoms with E-state index < -0.39 is 0 Å². The molecule has 0 radical (unpaired) electrons. The van der Waals surface area contributed by atoms with Gasteiger partial charge in [0.2, 0.25) is 0 Å². The summed E-state index contributed by atoms with van der Waals surface area (Å²) in [4.78, 5) is 0. The van der Waals surface area contributed by atoms with Crippen molar-refractivity contribution in [1.29, 1.82) is 0 Å². The lowest BCUT2D eigenvalue weighted by Gasteiger charge is -2.06. The first kappa shape index (κ1) is 13.1. The van der Waals surface area contributed by atoms with Crippen molar-refractivity contribution in [3.8, 4) is 0 Å². The molecule has 0 aliphatic heterocycles. The number of nitrogens with one attached hydrogen (secondary N) is 1. The minimum Gasteiger partial charge on any atom is -0.464 e. The largest absolute Gasteiger partial charge is 0.464 e. The molecule has 0 saturated heterocycles. The molecule has 0 bridgehead atoms. The lowest BCUT2D eigenvalue weighted by molar-refractivity contribution is 0.552. The van der Waals surface area contributed by atoms with Gasteiger partial charge in [-0.25, -0.2) is 4.39 Å². The first-order chi connectivity index (χ1) is 8.58. The molecule has 98 valence electrons. The number of fused-ring (bicyclic) bond motifs is 1. The van der Waals surface area contributed by atoms with E-state index in [1.807, 2.05) is 6.92 Å². The van der Waals surface area contributed by atoms with Gasteiger partial charge >= 0.3 is 0 Å². The Labute approximate surface area is 107 Å². The third kappa shape index (κ3) is 2.91. The molecular weight excluding hydrogens is 229 g/mol. The van der Waals surface area contributed by atoms with Gasteiger partial charge in [0.15, 0.2) is 0 Å². The van der Waals surface area contributed by atoms with E-state index in [1.54, 1.807) is 12.3 Å². The Balaban J connectivity index is 2.09. The van der Waals surface area contributed by atoms with Gasteiger partial charge in [0.05, 0.1) is 6.26 Å². The number of furan rings is 1. The highest BCUT2D eigenvalue weighted by molar-refractivity contribution is 5.83. The topological polar surface area (TPSA) is 25.2 Å². The Kier molecular flexibility index (Phi) is 4.02. The van der Waals surface area contributed by atoms with Gasteiger partial charge < -0.3 is 9.73 Å². The van der Waals surface area contributed by atoms with Crippen LogP contribution in [-0.2, 0) is 6.42 Å². The van der Waals surface area contributed by atoms with Crippen LogP contribution < -0.4 is 5.32 Å². The number of benzene rings is 1. The van der Waals surface area contributed by atoms with Crippen LogP contribution in [0.5, 0.6) is 0 Å². The Morgan fingerprint density at radius 3 is 2.83 bits per heavy atom. The van der Waals surface area contributed by atoms with Crippen LogP contribution in [-0.4, -0.2) is 13.1 Å². The van der Waals surface area contributed by atoms with E-state index in [4.69, 9.17) is 4.42 Å². The van der Waals surface area contributed by atoms with E-state index >= 15 is 0 Å². The van der Waals surface area contributed by atoms with E-state index in [1.165, 1.54) is 6.07 Å². The lowest BCUT2D eigenvalue weighted by atomic mass is 10.1. The molecule has 1 heterocycles. The summed E-state index contributed by atoms with van der Waals surface area (Å²) in [6.07, 6.45) is 2.61. The number of rotatable bonds is 5. The summed E-state index contributed by atoms with van der Waals surface area (Å²) < 4.78 is 18.9. The van der Waals surface area contributed by atoms with Crippen LogP contribution >= 0.6 is 0 Å². The molecule has 18 heavy (non-hydrogen) atoms. The highest BCUT2D eigenvalue weighted by Crippen LogP contribution is 2.25. The Morgan fingerprint density at radius 2 is 2.11 bits per heavy atom. The Bertz CT molecular complexity index is 531. The van der Waals surface area contributed by atoms with Crippen molar-refractivity contribution < 1.29 is 8.81 Å². The standard InChI is InChI=1S/C15H20FNO/c1-10(2)8-17-5-4-12-9-18-15-11(3)6-13(16)7-14(12)15/h6-7,9-10,17H,4-5,8H2,1-3H3. The molecule has 0 unspecified atom stereocenters. The van der Waals surface area contributed by atoms with Crippen LogP contribution in [0.1, 0.15) is 25.0 Å². The van der Waals surface area contributed by atoms with Crippen molar-refractivity contribution >= 4 is 11.0 Å². The maximum Gasteiger partial charge on any atom is 0.137 e. The molecule has 1 aromatic carbocycles. The summed E-state index contributed by atoms with van der Waals surface area (Å²) in [5.41, 5.74) is 2.73. The minimum absolute atomic E-state index is 0.196. The molecule has 1 N–H and O–H groups in total. The van der Waals surface area contributed by atoms with Gasteiger partial charge in [-0.15, -0.1) is 0 Å². The number of hydrogen-bond donors (Lipinski definition) is 1. The third-order valence-corrected chi connectivity index (χ3v) is 3.03. The second kappa shape index (κ2) is 5.53. The van der Waals surface area contributed by atoms with Crippen molar-refractivity contribution in [1.82, 2.24) is 5.32 Å². The van der Waals surface area contributed by atoms with Crippen molar-refractivity contribution in [3.63, 3.8) is 0 Å². The van der Waals surface area contributed by atoms with Gasteiger partial charge in [0.1, 0.15) is 11.4 Å². The zero-order valence-electron chi connectivity index (χ0n) is 11.2. The number of hydrogen-bond acceptors (Lipinski definition) is 2. The molecule has 2 nitrogen and oxygen atoms in total. The molecule has 0 amide bonds. The summed E-state index contributed by atoms with van der Waals surface area (Å²) in [6.45, 7) is 8.12. The zero-order valence-corrected chi connectivity index (χ0v) is 11.2. The molecule has 3 heteroatoms. The van der Waals surface area contributed by atoms with Gasteiger partial charge in [-0.3, -0.25) is 0 Å². The van der Waals surface area contributed by atoms with Crippen LogP contribution in [0.25, 0.3) is 11.0 Å². The predicted molar refractivity (Wildman–Crippen MR) is 72.3 cm³/mol. The van der Waals surface area contributed by atoms with E-state index in [2.05, 4.69) is 19.2 Å². The van der Waals surface area contributed by atoms with Crippen molar-refractivity contribution in [2.24, 2.45) is 5.92 Å². The maximum absolute atomic E-state index is 13.4. The molecule has 1 aromatic heterocycles. The fourth-order valence-electron chi connectivity index (χ4n) is 2.13. The second-order valence-corrected chi connectivity index (χ2v) is 5.21. The van der Waals surface area contributed by atoms with Crippen LogP contribution in [0.2, 0.25) is 0 Å². The minimum atomic E-state index is -0.196. The molecular formula is C15H20FNO. The van der Waals surface area contributed by atoms with Gasteiger partial charge in [-0.2, -0.15) is 0 Å². The average molecular weight is 249 g/mol. The summed E-state index contributed by atoms with van der Waals surface area (Å²) in [6, 6.07) is 3.07. The monoisotopic (exact) mass is 249 g/mol. The molecule has 0 aliphatic rings. The normalized spacial score (nSPS) is 11.6. The van der Waals surface area contributed by atoms with Crippen molar-refractivity contribution in [3.05, 3.63) is 35.3 Å². The molecule has 0 saturated carbocycles. The van der Waals surface area contributed by atoms with Crippen molar-refractivity contribution in [2.75, 3.05) is 13.1 Å². The van der Waals surface area contributed by atoms with Gasteiger partial charge in [0.25, 0.3) is 0 Å². The molecule has 0 spiro atoms. The number of aryl methyl sites for hydroxylation is 1. The second-order valence-electron chi connectivity index (χ2n) is 5.21. The summed E-state index contributed by atoms with van der Waals surface area (Å²) >= 11 is 0. The first-order valence-electron chi connectivity index (χ1n) is 6.45. The number of halogens is 1. The predicted octanol–water partition coefficient (Wildman–Crippen LogP) is 3.67. The highest BCUT2D eigenvalue weighted by Gasteiger charge is 2.09. The fourth-order valence-corrected chi connectivity index (χ4v) is 2.13. The van der Waals surface area contributed by atoms with E-state index in [0.717, 1.165) is 41.6 Å². The molecule has 2 rings (SSSR count). The maximum atomic E-state index is 13.4. The quantitative estimate of drug-likeness (QED) is 0.818. The van der Waals surface area contributed by atoms with Crippen LogP contribution in [0.15, 0.2) is 22.8 Å². The van der Waals surface area contributed by atoms with Crippen LogP contribution in [0.4, 0.5) is 4.39 Å². The molecule has 0 fully saturated rings. The molecule has 2 aromatic rings. The zero-order chi connectivity index (χ0) is 13.1. The third-order valence-electron chi connectivity index (χ3n) is 3.03. The van der Waals surface area contributed by atoms with Gasteiger partial charge in [0, 0.05) is 5.39 Å². The van der Waals surface area contributed by atoms with E-state index in [-0.39, 0.29) is 5.82 Å². The Hall–Kier alpha value is -1.35. The van der Waals surface area contributed by atoms with Gasteiger partial charge in [-0.1, -0.05) is 13.8 Å². The summed E-state index contributed by atoms with van der Waals surface area (Å²) in [5.74, 6) is 0.448. The van der Waals surface area contributed by atoms with Crippen LogP contribution in [0.3, 0.4) is 0 Å². The fraction of sp³-hybridized carbons (Fsp3) is 0.467. The molecule has 0 aliphatic carbocycles. The smallest absolute Gasteiger partial charge is 0.137 e. The Morgan fingerprint density at radius 1 is 1.33 bits per heavy atom. The van der Waals surface area contributed by atoms with E-state index in [9.17, 15) is 4.39 Å². The summed E-state index contributed by atoms with van der Waals surface area (Å²) in [5, 5.41) is 4.28. The highest BCUT2D eigenvalue weighted by atomic mass is 19.1. The molecule has 0 atom stereocenters. The van der Waals surface area contributed by atoms with E-state index in [0.29, 0.717) is 5.92 Å². The SMILES string of the molecule is Cc1cc(F)cc2c(CCNCC(C)C)coc12. The van der Waals surface area contributed by atoms with Crippen LogP contribution in [0, 0.1) is 18.7 Å². The summed E-state index contributed by atoms with van der Waals surface area (Å²) in [7, 11) is 0. The van der Waals surface area contributed by atoms with Gasteiger partial charge in [-0.05, 0) is 55.6 Å². The lowest BCUT2D eigenvalue weighted by Crippen LogP contribution is -2.22.